The van der Waals surface area contributed by atoms with E-state index in [9.17, 15) is 19.8 Å². The molecule has 122 valence electrons. The summed E-state index contributed by atoms with van der Waals surface area (Å²) in [4.78, 5) is 22.0. The number of benzene rings is 2. The third kappa shape index (κ3) is 3.02. The highest BCUT2D eigenvalue weighted by Gasteiger charge is 2.20. The molecule has 3 rings (SSSR count). The number of aromatic carboxylic acids is 1. The molecule has 0 aliphatic carbocycles. The first-order valence-corrected chi connectivity index (χ1v) is 7.71. The highest BCUT2D eigenvalue weighted by Crippen LogP contribution is 2.40. The zero-order chi connectivity index (χ0) is 17.3. The molecule has 0 atom stereocenters. The number of thiophene rings is 1. The lowest BCUT2D eigenvalue weighted by atomic mass is 10.0. The molecule has 24 heavy (non-hydrogen) atoms. The minimum atomic E-state index is -1.17. The Kier molecular flexibility index (Phi) is 4.09. The van der Waals surface area contributed by atoms with Gasteiger partial charge in [0.15, 0.2) is 17.2 Å². The number of ether oxygens (including phenoxy) is 1. The van der Waals surface area contributed by atoms with E-state index in [1.165, 1.54) is 0 Å². The van der Waals surface area contributed by atoms with Gasteiger partial charge >= 0.3 is 11.9 Å². The van der Waals surface area contributed by atoms with E-state index in [1.54, 1.807) is 36.4 Å². The van der Waals surface area contributed by atoms with Crippen LogP contribution in [0.5, 0.6) is 11.5 Å². The second-order valence-electron chi connectivity index (χ2n) is 5.01. The number of hydrogen-bond donors (Lipinski definition) is 3. The van der Waals surface area contributed by atoms with Gasteiger partial charge in [-0.1, -0.05) is 18.2 Å². The lowest BCUT2D eigenvalue weighted by Gasteiger charge is -2.05. The number of phenolic OH excluding ortho intramolecular Hbond substituents is 1. The Morgan fingerprint density at radius 2 is 1.67 bits per heavy atom. The van der Waals surface area contributed by atoms with E-state index in [0.717, 1.165) is 22.5 Å². The van der Waals surface area contributed by atoms with Gasteiger partial charge in [-0.15, -0.1) is 11.3 Å². The zero-order valence-electron chi connectivity index (χ0n) is 12.2. The smallest absolute Gasteiger partial charge is 0.349 e. The number of fused-ring (bicyclic) bond motifs is 1. The number of carbonyl (C=O) groups is 2. The van der Waals surface area contributed by atoms with E-state index >= 15 is 0 Å². The van der Waals surface area contributed by atoms with Crippen molar-refractivity contribution < 1.29 is 29.6 Å². The van der Waals surface area contributed by atoms with Crippen LogP contribution < -0.4 is 4.74 Å². The molecule has 1 aromatic heterocycles. The van der Waals surface area contributed by atoms with E-state index in [0.29, 0.717) is 10.1 Å². The van der Waals surface area contributed by atoms with Crippen LogP contribution in [-0.2, 0) is 4.79 Å². The summed E-state index contributed by atoms with van der Waals surface area (Å²) in [6.07, 6.45) is 0. The van der Waals surface area contributed by atoms with Crippen molar-refractivity contribution in [1.29, 1.82) is 0 Å². The maximum atomic E-state index is 11.4. The second-order valence-corrected chi connectivity index (χ2v) is 6.06. The molecule has 0 bridgehead atoms. The third-order valence-corrected chi connectivity index (χ3v) is 4.50. The summed E-state index contributed by atoms with van der Waals surface area (Å²) in [7, 11) is 0. The predicted octanol–water partition coefficient (Wildman–Crippen LogP) is 3.44. The Bertz CT molecular complexity index is 926. The van der Waals surface area contributed by atoms with Gasteiger partial charge in [-0.2, -0.15) is 0 Å². The Hall–Kier alpha value is -3.06. The van der Waals surface area contributed by atoms with Gasteiger partial charge in [-0.05, 0) is 35.4 Å². The van der Waals surface area contributed by atoms with Crippen molar-refractivity contribution in [3.8, 4) is 22.6 Å². The maximum Gasteiger partial charge on any atom is 0.349 e. The lowest BCUT2D eigenvalue weighted by molar-refractivity contribution is -0.139. The zero-order valence-corrected chi connectivity index (χ0v) is 13.0. The van der Waals surface area contributed by atoms with Crippen LogP contribution in [-0.4, -0.2) is 33.9 Å². The summed E-state index contributed by atoms with van der Waals surface area (Å²) in [6.45, 7) is -0.605. The van der Waals surface area contributed by atoms with Crippen molar-refractivity contribution >= 4 is 33.4 Å². The highest BCUT2D eigenvalue weighted by molar-refractivity contribution is 7.21. The fourth-order valence-corrected chi connectivity index (χ4v) is 3.35. The quantitative estimate of drug-likeness (QED) is 0.655. The Balaban J connectivity index is 2.08. The fourth-order valence-electron chi connectivity index (χ4n) is 2.32. The molecular formula is C17H12O6S. The van der Waals surface area contributed by atoms with Gasteiger partial charge in [0.25, 0.3) is 0 Å². The molecule has 0 radical (unpaired) electrons. The minimum absolute atomic E-state index is 0.0332. The van der Waals surface area contributed by atoms with Crippen molar-refractivity contribution in [2.75, 3.05) is 6.61 Å². The molecule has 1 heterocycles. The lowest BCUT2D eigenvalue weighted by Crippen LogP contribution is -2.10. The largest absolute Gasteiger partial charge is 0.508 e. The summed E-state index contributed by atoms with van der Waals surface area (Å²) in [6, 6.07) is 12.0. The van der Waals surface area contributed by atoms with E-state index in [1.807, 2.05) is 6.07 Å². The van der Waals surface area contributed by atoms with Gasteiger partial charge in [0.05, 0.1) is 0 Å². The molecule has 3 aromatic rings. The molecule has 2 aromatic carbocycles. The van der Waals surface area contributed by atoms with E-state index in [-0.39, 0.29) is 16.4 Å². The number of carboxylic acids is 2. The van der Waals surface area contributed by atoms with Gasteiger partial charge in [-0.25, -0.2) is 9.59 Å². The number of phenols is 1. The summed E-state index contributed by atoms with van der Waals surface area (Å²) < 4.78 is 5.85. The fraction of sp³-hybridized carbons (Fsp3) is 0.0588. The molecule has 0 aliphatic rings. The summed E-state index contributed by atoms with van der Waals surface area (Å²) in [5.74, 6) is -2.11. The molecule has 3 N–H and O–H groups in total. The van der Waals surface area contributed by atoms with Crippen molar-refractivity contribution in [2.24, 2.45) is 0 Å². The van der Waals surface area contributed by atoms with Crippen LogP contribution >= 0.6 is 11.3 Å². The summed E-state index contributed by atoms with van der Waals surface area (Å²) in [5.41, 5.74) is 1.72. The molecule has 7 heteroatoms. The van der Waals surface area contributed by atoms with Crippen LogP contribution in [0.4, 0.5) is 0 Å². The van der Waals surface area contributed by atoms with Gasteiger partial charge < -0.3 is 20.1 Å². The van der Waals surface area contributed by atoms with Crippen molar-refractivity contribution in [1.82, 2.24) is 0 Å². The van der Waals surface area contributed by atoms with Gasteiger partial charge in [-0.3, -0.25) is 0 Å². The first kappa shape index (κ1) is 15.8. The van der Waals surface area contributed by atoms with Crippen LogP contribution in [0, 0.1) is 0 Å². The molecule has 0 aliphatic heterocycles. The van der Waals surface area contributed by atoms with Crippen LogP contribution in [0.15, 0.2) is 42.5 Å². The normalized spacial score (nSPS) is 10.7. The van der Waals surface area contributed by atoms with Crippen LogP contribution in [0.3, 0.4) is 0 Å². The number of hydrogen-bond acceptors (Lipinski definition) is 5. The average Bonchev–Trinajstić information content (AvgIpc) is 2.91. The van der Waals surface area contributed by atoms with Gasteiger partial charge in [0, 0.05) is 10.1 Å². The van der Waals surface area contributed by atoms with Gasteiger partial charge in [0.2, 0.25) is 0 Å². The molecule has 6 nitrogen and oxygen atoms in total. The Labute approximate surface area is 140 Å². The summed E-state index contributed by atoms with van der Waals surface area (Å²) in [5, 5.41) is 28.0. The van der Waals surface area contributed by atoms with Crippen molar-refractivity contribution in [3.05, 3.63) is 47.3 Å². The SMILES string of the molecule is O=C(O)COc1c(C(=O)O)sc2cc(-c3ccc(O)cc3)ccc12. The number of aromatic hydroxyl groups is 1. The maximum absolute atomic E-state index is 11.4. The third-order valence-electron chi connectivity index (χ3n) is 3.38. The second kappa shape index (κ2) is 6.21. The van der Waals surface area contributed by atoms with E-state index < -0.39 is 18.5 Å². The minimum Gasteiger partial charge on any atom is -0.508 e. The summed E-state index contributed by atoms with van der Waals surface area (Å²) >= 11 is 1.03. The Morgan fingerprint density at radius 3 is 2.29 bits per heavy atom. The molecule has 0 fully saturated rings. The molecule has 0 unspecified atom stereocenters. The number of carboxylic acid groups (broad SMARTS) is 2. The molecule has 0 saturated carbocycles. The first-order chi connectivity index (χ1) is 11.5. The van der Waals surface area contributed by atoms with Crippen LogP contribution in [0.1, 0.15) is 9.67 Å². The van der Waals surface area contributed by atoms with Crippen molar-refractivity contribution in [2.45, 2.75) is 0 Å². The number of aliphatic carboxylic acids is 1. The first-order valence-electron chi connectivity index (χ1n) is 6.89. The highest BCUT2D eigenvalue weighted by atomic mass is 32.1. The van der Waals surface area contributed by atoms with Crippen molar-refractivity contribution in [3.63, 3.8) is 0 Å². The van der Waals surface area contributed by atoms with Crippen LogP contribution in [0.25, 0.3) is 21.2 Å². The van der Waals surface area contributed by atoms with E-state index in [2.05, 4.69) is 0 Å². The molecule has 0 amide bonds. The molecule has 0 saturated heterocycles. The van der Waals surface area contributed by atoms with Gasteiger partial charge in [0.1, 0.15) is 5.75 Å². The topological polar surface area (TPSA) is 104 Å². The molecular weight excluding hydrogens is 332 g/mol. The monoisotopic (exact) mass is 344 g/mol. The predicted molar refractivity (Wildman–Crippen MR) is 89.0 cm³/mol. The Morgan fingerprint density at radius 1 is 1.00 bits per heavy atom. The molecule has 0 spiro atoms. The standard InChI is InChI=1S/C17H12O6S/c18-11-4-1-9(2-5-11)10-3-6-12-13(7-10)24-16(17(21)22)15(12)23-8-14(19)20/h1-7,18H,8H2,(H,19,20)(H,21,22). The van der Waals surface area contributed by atoms with E-state index in [4.69, 9.17) is 9.84 Å². The average molecular weight is 344 g/mol. The van der Waals surface area contributed by atoms with Crippen LogP contribution in [0.2, 0.25) is 0 Å². The number of rotatable bonds is 5.